The molecule has 0 amide bonds. The van der Waals surface area contributed by atoms with E-state index in [1.807, 2.05) is 0 Å². The van der Waals surface area contributed by atoms with E-state index in [1.54, 1.807) is 0 Å². The van der Waals surface area contributed by atoms with Gasteiger partial charge in [-0.25, -0.2) is 8.78 Å². The molecule has 0 N–H and O–H groups in total. The van der Waals surface area contributed by atoms with E-state index in [9.17, 15) is 8.78 Å². The standard InChI is InChI=1S/C9H14BrF2N/c1-6-2-8(10)5-13(6)4-7-3-9(7,11)12/h6-8H,2-5H2,1H3. The second-order valence-electron chi connectivity index (χ2n) is 4.30. The summed E-state index contributed by atoms with van der Waals surface area (Å²) in [5.74, 6) is -2.72. The van der Waals surface area contributed by atoms with Crippen molar-refractivity contribution in [2.45, 2.75) is 36.6 Å². The van der Waals surface area contributed by atoms with Crippen molar-refractivity contribution in [1.29, 1.82) is 0 Å². The molecule has 1 aliphatic carbocycles. The van der Waals surface area contributed by atoms with Crippen LogP contribution in [0.15, 0.2) is 0 Å². The van der Waals surface area contributed by atoms with Gasteiger partial charge in [-0.15, -0.1) is 0 Å². The van der Waals surface area contributed by atoms with Crippen molar-refractivity contribution in [2.75, 3.05) is 13.1 Å². The van der Waals surface area contributed by atoms with Crippen LogP contribution >= 0.6 is 15.9 Å². The maximum Gasteiger partial charge on any atom is 0.252 e. The first-order chi connectivity index (χ1) is 5.99. The molecule has 0 bridgehead atoms. The second-order valence-corrected chi connectivity index (χ2v) is 5.59. The Hall–Kier alpha value is 0.300. The van der Waals surface area contributed by atoms with Gasteiger partial charge < -0.3 is 0 Å². The van der Waals surface area contributed by atoms with Crippen LogP contribution in [0.3, 0.4) is 0 Å². The molecular weight excluding hydrogens is 240 g/mol. The van der Waals surface area contributed by atoms with Gasteiger partial charge >= 0.3 is 0 Å². The molecule has 0 aromatic carbocycles. The van der Waals surface area contributed by atoms with Gasteiger partial charge in [-0.2, -0.15) is 0 Å². The van der Waals surface area contributed by atoms with Gasteiger partial charge in [-0.3, -0.25) is 4.90 Å². The number of nitrogens with zero attached hydrogens (tertiary/aromatic N) is 1. The number of alkyl halides is 3. The van der Waals surface area contributed by atoms with E-state index in [0.29, 0.717) is 17.4 Å². The van der Waals surface area contributed by atoms with Crippen molar-refractivity contribution < 1.29 is 8.78 Å². The molecule has 3 atom stereocenters. The Morgan fingerprint density at radius 3 is 2.54 bits per heavy atom. The van der Waals surface area contributed by atoms with E-state index in [4.69, 9.17) is 0 Å². The summed E-state index contributed by atoms with van der Waals surface area (Å²) < 4.78 is 25.3. The Bertz CT molecular complexity index is 210. The minimum atomic E-state index is -2.36. The summed E-state index contributed by atoms with van der Waals surface area (Å²) in [7, 11) is 0. The molecule has 1 saturated carbocycles. The van der Waals surface area contributed by atoms with Gasteiger partial charge in [0.2, 0.25) is 0 Å². The minimum Gasteiger partial charge on any atom is -0.299 e. The summed E-state index contributed by atoms with van der Waals surface area (Å²) in [5.41, 5.74) is 0. The summed E-state index contributed by atoms with van der Waals surface area (Å²) in [6, 6.07) is 0.459. The average Bonchev–Trinajstić information content (AvgIpc) is 2.43. The number of hydrogen-bond acceptors (Lipinski definition) is 1. The fourth-order valence-corrected chi connectivity index (χ4v) is 2.95. The number of hydrogen-bond donors (Lipinski definition) is 0. The molecule has 2 fully saturated rings. The molecule has 1 nitrogen and oxygen atoms in total. The van der Waals surface area contributed by atoms with E-state index in [2.05, 4.69) is 27.8 Å². The predicted molar refractivity (Wildman–Crippen MR) is 51.4 cm³/mol. The molecule has 1 saturated heterocycles. The lowest BCUT2D eigenvalue weighted by Gasteiger charge is -2.20. The summed E-state index contributed by atoms with van der Waals surface area (Å²) in [6.07, 6.45) is 1.18. The first-order valence-electron chi connectivity index (χ1n) is 4.75. The Morgan fingerprint density at radius 1 is 1.54 bits per heavy atom. The molecule has 0 aromatic heterocycles. The summed E-state index contributed by atoms with van der Waals surface area (Å²) in [6.45, 7) is 3.62. The fraction of sp³-hybridized carbons (Fsp3) is 1.00. The van der Waals surface area contributed by atoms with Crippen molar-refractivity contribution >= 4 is 15.9 Å². The first-order valence-corrected chi connectivity index (χ1v) is 5.66. The quantitative estimate of drug-likeness (QED) is 0.684. The Kier molecular flexibility index (Phi) is 2.39. The van der Waals surface area contributed by atoms with Crippen LogP contribution in [0.25, 0.3) is 0 Å². The zero-order valence-corrected chi connectivity index (χ0v) is 9.23. The highest BCUT2D eigenvalue weighted by Crippen LogP contribution is 2.49. The van der Waals surface area contributed by atoms with Crippen molar-refractivity contribution in [1.82, 2.24) is 4.90 Å². The van der Waals surface area contributed by atoms with Gasteiger partial charge in [0.15, 0.2) is 0 Å². The van der Waals surface area contributed by atoms with E-state index in [-0.39, 0.29) is 12.3 Å². The van der Waals surface area contributed by atoms with Crippen LogP contribution in [-0.4, -0.2) is 34.8 Å². The van der Waals surface area contributed by atoms with Gasteiger partial charge in [0.25, 0.3) is 5.92 Å². The zero-order valence-electron chi connectivity index (χ0n) is 7.64. The summed E-state index contributed by atoms with van der Waals surface area (Å²) >= 11 is 3.53. The van der Waals surface area contributed by atoms with E-state index in [1.165, 1.54) is 0 Å². The molecule has 3 unspecified atom stereocenters. The highest BCUT2D eigenvalue weighted by Gasteiger charge is 2.57. The lowest BCUT2D eigenvalue weighted by atomic mass is 10.2. The third-order valence-corrected chi connectivity index (χ3v) is 3.73. The first kappa shape index (κ1) is 9.84. The largest absolute Gasteiger partial charge is 0.299 e. The van der Waals surface area contributed by atoms with Crippen molar-refractivity contribution in [2.24, 2.45) is 5.92 Å². The van der Waals surface area contributed by atoms with Gasteiger partial charge in [0.05, 0.1) is 0 Å². The highest BCUT2D eigenvalue weighted by atomic mass is 79.9. The topological polar surface area (TPSA) is 3.24 Å². The lowest BCUT2D eigenvalue weighted by molar-refractivity contribution is 0.0865. The predicted octanol–water partition coefficient (Wildman–Crippen LogP) is 2.50. The number of likely N-dealkylation sites (tertiary alicyclic amines) is 1. The van der Waals surface area contributed by atoms with Crippen LogP contribution < -0.4 is 0 Å². The molecule has 1 aliphatic heterocycles. The Morgan fingerprint density at radius 2 is 2.15 bits per heavy atom. The maximum absolute atomic E-state index is 12.6. The Labute approximate surface area is 85.6 Å². The molecule has 1 heterocycles. The average molecular weight is 254 g/mol. The molecule has 0 aromatic rings. The summed E-state index contributed by atoms with van der Waals surface area (Å²) in [5, 5.41) is 0. The molecule has 13 heavy (non-hydrogen) atoms. The molecule has 2 aliphatic rings. The Balaban J connectivity index is 1.83. The van der Waals surface area contributed by atoms with E-state index >= 15 is 0 Å². The third-order valence-electron chi connectivity index (χ3n) is 3.06. The van der Waals surface area contributed by atoms with Crippen LogP contribution in [0.4, 0.5) is 8.78 Å². The number of rotatable bonds is 2. The van der Waals surface area contributed by atoms with E-state index < -0.39 is 5.92 Å². The molecule has 0 spiro atoms. The van der Waals surface area contributed by atoms with Crippen LogP contribution in [0.1, 0.15) is 19.8 Å². The van der Waals surface area contributed by atoms with Gasteiger partial charge in [0.1, 0.15) is 0 Å². The second kappa shape index (κ2) is 3.16. The highest BCUT2D eigenvalue weighted by molar-refractivity contribution is 9.09. The van der Waals surface area contributed by atoms with Crippen LogP contribution in [0, 0.1) is 5.92 Å². The minimum absolute atomic E-state index is 0.100. The fourth-order valence-electron chi connectivity index (χ4n) is 2.03. The van der Waals surface area contributed by atoms with Crippen molar-refractivity contribution in [3.63, 3.8) is 0 Å². The van der Waals surface area contributed by atoms with Gasteiger partial charge in [-0.05, 0) is 13.3 Å². The smallest absolute Gasteiger partial charge is 0.252 e. The molecular formula is C9H14BrF2N. The van der Waals surface area contributed by atoms with Crippen LogP contribution in [-0.2, 0) is 0 Å². The third kappa shape index (κ3) is 2.04. The van der Waals surface area contributed by atoms with Crippen molar-refractivity contribution in [3.05, 3.63) is 0 Å². The van der Waals surface area contributed by atoms with Gasteiger partial charge in [-0.1, -0.05) is 15.9 Å². The van der Waals surface area contributed by atoms with E-state index in [0.717, 1.165) is 13.0 Å². The molecule has 2 rings (SSSR count). The molecule has 76 valence electrons. The van der Waals surface area contributed by atoms with Crippen LogP contribution in [0.5, 0.6) is 0 Å². The number of halogens is 3. The SMILES string of the molecule is CC1CC(Br)CN1CC1CC1(F)F. The zero-order chi connectivity index (χ0) is 9.64. The summed E-state index contributed by atoms with van der Waals surface area (Å²) in [4.78, 5) is 2.67. The monoisotopic (exact) mass is 253 g/mol. The lowest BCUT2D eigenvalue weighted by Crippen LogP contribution is -2.30. The van der Waals surface area contributed by atoms with Crippen LogP contribution in [0.2, 0.25) is 0 Å². The van der Waals surface area contributed by atoms with Gasteiger partial charge in [0, 0.05) is 36.3 Å². The molecule has 0 radical (unpaired) electrons. The van der Waals surface area contributed by atoms with Crippen molar-refractivity contribution in [3.8, 4) is 0 Å². The molecule has 4 heteroatoms. The maximum atomic E-state index is 12.6. The normalized spacial score (nSPS) is 43.8.